The number of aromatic nitrogens is 1. The molecule has 4 heteroatoms. The normalized spacial score (nSPS) is 31.8. The third kappa shape index (κ3) is 2.15. The van der Waals surface area contributed by atoms with Gasteiger partial charge in [0.1, 0.15) is 5.82 Å². The van der Waals surface area contributed by atoms with E-state index in [1.165, 1.54) is 12.6 Å². The number of nitrogens with one attached hydrogen (secondary N) is 1. The molecule has 2 fully saturated rings. The maximum absolute atomic E-state index is 13.2. The van der Waals surface area contributed by atoms with Crippen LogP contribution in [-0.2, 0) is 6.54 Å². The highest BCUT2D eigenvalue weighted by Crippen LogP contribution is 2.35. The number of rotatable bonds is 3. The van der Waals surface area contributed by atoms with Crippen LogP contribution in [0.3, 0.4) is 0 Å². The van der Waals surface area contributed by atoms with Crippen molar-refractivity contribution in [1.82, 2.24) is 15.2 Å². The maximum atomic E-state index is 13.2. The van der Waals surface area contributed by atoms with E-state index in [9.17, 15) is 4.39 Å². The van der Waals surface area contributed by atoms with Crippen LogP contribution in [0, 0.1) is 17.7 Å². The molecule has 0 bridgehead atoms. The first kappa shape index (κ1) is 12.1. The summed E-state index contributed by atoms with van der Waals surface area (Å²) in [6, 6.07) is 2.24. The highest BCUT2D eigenvalue weighted by Gasteiger charge is 2.42. The Kier molecular flexibility index (Phi) is 3.31. The summed E-state index contributed by atoms with van der Waals surface area (Å²) in [7, 11) is 0. The fourth-order valence-electron chi connectivity index (χ4n) is 3.63. The van der Waals surface area contributed by atoms with Gasteiger partial charge in [-0.2, -0.15) is 0 Å². The Hall–Kier alpha value is -1.00. The summed E-state index contributed by atoms with van der Waals surface area (Å²) in [6.45, 7) is 6.49. The van der Waals surface area contributed by atoms with Crippen molar-refractivity contribution in [2.75, 3.05) is 19.6 Å². The van der Waals surface area contributed by atoms with Crippen LogP contribution in [0.1, 0.15) is 18.9 Å². The second-order valence-corrected chi connectivity index (χ2v) is 5.50. The van der Waals surface area contributed by atoms with Gasteiger partial charge in [-0.15, -0.1) is 0 Å². The van der Waals surface area contributed by atoms with Gasteiger partial charge in [0.25, 0.3) is 0 Å². The molecular formula is C14H20FN3. The van der Waals surface area contributed by atoms with E-state index < -0.39 is 0 Å². The smallest absolute Gasteiger partial charge is 0.141 e. The van der Waals surface area contributed by atoms with Gasteiger partial charge in [-0.25, -0.2) is 4.39 Å². The summed E-state index contributed by atoms with van der Waals surface area (Å²) < 4.78 is 13.2. The molecular weight excluding hydrogens is 229 g/mol. The summed E-state index contributed by atoms with van der Waals surface area (Å²) in [5, 5.41) is 3.48. The van der Waals surface area contributed by atoms with Gasteiger partial charge < -0.3 is 5.32 Å². The lowest BCUT2D eigenvalue weighted by Gasteiger charge is -2.26. The van der Waals surface area contributed by atoms with Crippen LogP contribution in [0.25, 0.3) is 0 Å². The van der Waals surface area contributed by atoms with E-state index in [4.69, 9.17) is 0 Å². The van der Waals surface area contributed by atoms with Gasteiger partial charge in [-0.1, -0.05) is 6.92 Å². The molecule has 3 atom stereocenters. The Morgan fingerprint density at radius 3 is 3.11 bits per heavy atom. The first-order chi connectivity index (χ1) is 8.78. The molecule has 0 amide bonds. The molecule has 1 aromatic heterocycles. The first-order valence-electron chi connectivity index (χ1n) is 6.82. The number of halogens is 1. The van der Waals surface area contributed by atoms with E-state index in [1.54, 1.807) is 12.3 Å². The first-order valence-corrected chi connectivity index (χ1v) is 6.82. The molecule has 3 heterocycles. The predicted molar refractivity (Wildman–Crippen MR) is 68.5 cm³/mol. The molecule has 3 rings (SSSR count). The molecule has 98 valence electrons. The fraction of sp³-hybridized carbons (Fsp3) is 0.643. The second kappa shape index (κ2) is 4.94. The molecule has 0 radical (unpaired) electrons. The maximum Gasteiger partial charge on any atom is 0.141 e. The van der Waals surface area contributed by atoms with Crippen LogP contribution in [-0.4, -0.2) is 35.6 Å². The number of fused-ring (bicyclic) bond motifs is 1. The van der Waals surface area contributed by atoms with Gasteiger partial charge in [0.2, 0.25) is 0 Å². The molecule has 3 unspecified atom stereocenters. The molecule has 18 heavy (non-hydrogen) atoms. The van der Waals surface area contributed by atoms with E-state index in [-0.39, 0.29) is 5.82 Å². The molecule has 1 aromatic rings. The number of hydrogen-bond donors (Lipinski definition) is 1. The van der Waals surface area contributed by atoms with Crippen molar-refractivity contribution in [3.8, 4) is 0 Å². The largest absolute Gasteiger partial charge is 0.316 e. The third-order valence-corrected chi connectivity index (χ3v) is 4.39. The van der Waals surface area contributed by atoms with Gasteiger partial charge in [0.15, 0.2) is 0 Å². The number of hydrogen-bond acceptors (Lipinski definition) is 3. The van der Waals surface area contributed by atoms with Gasteiger partial charge in [-0.3, -0.25) is 9.88 Å². The molecule has 2 aliphatic heterocycles. The summed E-state index contributed by atoms with van der Waals surface area (Å²) >= 11 is 0. The molecule has 3 nitrogen and oxygen atoms in total. The third-order valence-electron chi connectivity index (χ3n) is 4.39. The zero-order valence-corrected chi connectivity index (χ0v) is 10.8. The molecule has 0 spiro atoms. The van der Waals surface area contributed by atoms with Crippen molar-refractivity contribution in [3.63, 3.8) is 0 Å². The molecule has 0 aliphatic carbocycles. The Bertz CT molecular complexity index is 423. The number of nitrogens with zero attached hydrogens (tertiary/aromatic N) is 2. The van der Waals surface area contributed by atoms with Crippen LogP contribution in [0.4, 0.5) is 4.39 Å². The Morgan fingerprint density at radius 2 is 2.33 bits per heavy atom. The van der Waals surface area contributed by atoms with Gasteiger partial charge in [0, 0.05) is 25.3 Å². The second-order valence-electron chi connectivity index (χ2n) is 5.50. The van der Waals surface area contributed by atoms with Crippen molar-refractivity contribution in [2.24, 2.45) is 11.8 Å². The summed E-state index contributed by atoms with van der Waals surface area (Å²) in [4.78, 5) is 6.44. The standard InChI is InChI=1S/C14H20FN3/c1-2-14-13-7-17-5-11(13)9-18(14)8-10-3-12(15)6-16-4-10/h3-4,6,11,13-14,17H,2,5,7-9H2,1H3. The van der Waals surface area contributed by atoms with Gasteiger partial charge in [0.05, 0.1) is 6.20 Å². The summed E-state index contributed by atoms with van der Waals surface area (Å²) in [6.07, 6.45) is 4.22. The van der Waals surface area contributed by atoms with Gasteiger partial charge in [-0.05, 0) is 43.0 Å². The van der Waals surface area contributed by atoms with Gasteiger partial charge >= 0.3 is 0 Å². The lowest BCUT2D eigenvalue weighted by Crippen LogP contribution is -2.34. The van der Waals surface area contributed by atoms with Crippen molar-refractivity contribution in [1.29, 1.82) is 0 Å². The highest BCUT2D eigenvalue weighted by atomic mass is 19.1. The van der Waals surface area contributed by atoms with E-state index in [2.05, 4.69) is 22.1 Å². The summed E-state index contributed by atoms with van der Waals surface area (Å²) in [5.74, 6) is 1.31. The van der Waals surface area contributed by atoms with E-state index in [0.29, 0.717) is 6.04 Å². The van der Waals surface area contributed by atoms with Crippen molar-refractivity contribution in [2.45, 2.75) is 25.9 Å². The van der Waals surface area contributed by atoms with E-state index >= 15 is 0 Å². The Morgan fingerprint density at radius 1 is 1.44 bits per heavy atom. The molecule has 0 saturated carbocycles. The van der Waals surface area contributed by atoms with Crippen LogP contribution < -0.4 is 5.32 Å². The monoisotopic (exact) mass is 249 g/mol. The molecule has 0 aromatic carbocycles. The van der Waals surface area contributed by atoms with E-state index in [0.717, 1.165) is 43.6 Å². The number of pyridine rings is 1. The molecule has 1 N–H and O–H groups in total. The van der Waals surface area contributed by atoms with Crippen LogP contribution in [0.15, 0.2) is 18.5 Å². The highest BCUT2D eigenvalue weighted by molar-refractivity contribution is 5.11. The van der Waals surface area contributed by atoms with Crippen LogP contribution in [0.5, 0.6) is 0 Å². The minimum atomic E-state index is -0.235. The van der Waals surface area contributed by atoms with Crippen LogP contribution in [0.2, 0.25) is 0 Å². The number of likely N-dealkylation sites (tertiary alicyclic amines) is 1. The zero-order chi connectivity index (χ0) is 12.5. The summed E-state index contributed by atoms with van der Waals surface area (Å²) in [5.41, 5.74) is 0.987. The average Bonchev–Trinajstić information content (AvgIpc) is 2.89. The average molecular weight is 249 g/mol. The molecule has 2 aliphatic rings. The Balaban J connectivity index is 1.73. The fourth-order valence-corrected chi connectivity index (χ4v) is 3.63. The Labute approximate surface area is 107 Å². The zero-order valence-electron chi connectivity index (χ0n) is 10.8. The topological polar surface area (TPSA) is 28.2 Å². The predicted octanol–water partition coefficient (Wildman–Crippen LogP) is 1.65. The lowest BCUT2D eigenvalue weighted by atomic mass is 9.93. The lowest BCUT2D eigenvalue weighted by molar-refractivity contribution is 0.210. The quantitative estimate of drug-likeness (QED) is 0.883. The van der Waals surface area contributed by atoms with E-state index in [1.807, 2.05) is 0 Å². The van der Waals surface area contributed by atoms with Crippen LogP contribution >= 0.6 is 0 Å². The molecule has 2 saturated heterocycles. The minimum absolute atomic E-state index is 0.235. The SMILES string of the molecule is CCC1C2CNCC2CN1Cc1cncc(F)c1. The minimum Gasteiger partial charge on any atom is -0.316 e. The van der Waals surface area contributed by atoms with Crippen molar-refractivity contribution >= 4 is 0 Å². The van der Waals surface area contributed by atoms with Crippen molar-refractivity contribution in [3.05, 3.63) is 29.8 Å². The van der Waals surface area contributed by atoms with Crippen molar-refractivity contribution < 1.29 is 4.39 Å².